The van der Waals surface area contributed by atoms with Crippen LogP contribution < -0.4 is 0 Å². The van der Waals surface area contributed by atoms with E-state index < -0.39 is 0 Å². The van der Waals surface area contributed by atoms with Gasteiger partial charge in [0.1, 0.15) is 5.65 Å². The minimum absolute atomic E-state index is 0.0818. The van der Waals surface area contributed by atoms with Crippen molar-refractivity contribution in [3.8, 4) is 0 Å². The average molecular weight is 261 g/mol. The Hall–Kier alpha value is -2.42. The molecule has 0 saturated carbocycles. The van der Waals surface area contributed by atoms with Crippen molar-refractivity contribution in [3.63, 3.8) is 0 Å². The lowest BCUT2D eigenvalue weighted by atomic mass is 9.79. The third-order valence-electron chi connectivity index (χ3n) is 4.11. The highest BCUT2D eigenvalue weighted by atomic mass is 14.9. The highest BCUT2D eigenvalue weighted by Gasteiger charge is 2.36. The maximum Gasteiger partial charge on any atom is 0.137 e. The van der Waals surface area contributed by atoms with Crippen LogP contribution in [0.3, 0.4) is 0 Å². The summed E-state index contributed by atoms with van der Waals surface area (Å²) in [5.74, 6) is 0. The Balaban J connectivity index is 1.97. The van der Waals surface area contributed by atoms with E-state index in [9.17, 15) is 0 Å². The van der Waals surface area contributed by atoms with Gasteiger partial charge in [-0.3, -0.25) is 4.99 Å². The molecule has 0 saturated heterocycles. The largest absolute Gasteiger partial charge is 0.345 e. The van der Waals surface area contributed by atoms with Gasteiger partial charge in [-0.05, 0) is 23.8 Å². The molecule has 1 aromatic carbocycles. The van der Waals surface area contributed by atoms with Gasteiger partial charge < -0.3 is 4.98 Å². The first-order valence-electron chi connectivity index (χ1n) is 6.79. The Labute approximate surface area is 117 Å². The van der Waals surface area contributed by atoms with E-state index in [1.165, 1.54) is 5.56 Å². The first kappa shape index (κ1) is 11.4. The highest BCUT2D eigenvalue weighted by Crippen LogP contribution is 2.42. The number of nitrogens with zero attached hydrogens (tertiary/aromatic N) is 2. The summed E-state index contributed by atoms with van der Waals surface area (Å²) < 4.78 is 0. The summed E-state index contributed by atoms with van der Waals surface area (Å²) in [6, 6.07) is 12.4. The number of hydrogen-bond donors (Lipinski definition) is 1. The number of para-hydroxylation sites is 1. The predicted octanol–water partition coefficient (Wildman–Crippen LogP) is 3.97. The van der Waals surface area contributed by atoms with Gasteiger partial charge in [-0.2, -0.15) is 0 Å². The molecule has 0 spiro atoms. The molecule has 1 aliphatic heterocycles. The Bertz CT molecular complexity index is 840. The first-order chi connectivity index (χ1) is 9.68. The summed E-state index contributed by atoms with van der Waals surface area (Å²) >= 11 is 0. The summed E-state index contributed by atoms with van der Waals surface area (Å²) in [4.78, 5) is 12.5. The molecule has 1 aliphatic rings. The van der Waals surface area contributed by atoms with E-state index in [2.05, 4.69) is 48.1 Å². The molecular weight excluding hydrogens is 246 g/mol. The van der Waals surface area contributed by atoms with Crippen molar-refractivity contribution in [1.29, 1.82) is 0 Å². The Morgan fingerprint density at radius 2 is 1.90 bits per heavy atom. The molecule has 3 nitrogen and oxygen atoms in total. The van der Waals surface area contributed by atoms with Crippen LogP contribution in [0, 0.1) is 0 Å². The number of nitrogens with one attached hydrogen (secondary N) is 1. The summed E-state index contributed by atoms with van der Waals surface area (Å²) in [6.07, 6.45) is 3.82. The normalized spacial score (nSPS) is 16.2. The molecular formula is C17H15N3. The van der Waals surface area contributed by atoms with E-state index in [1.807, 2.05) is 18.3 Å². The molecule has 2 aromatic heterocycles. The standard InChI is InChI=1S/C17H15N3/c1-17(2)13-7-3-4-8-14(13)20-15(17)12-10-19-16-11(12)6-5-9-18-16/h3-10H,1-2H3,(H,18,19). The molecule has 0 aliphatic carbocycles. The second-order valence-electron chi connectivity index (χ2n) is 5.70. The van der Waals surface area contributed by atoms with E-state index in [-0.39, 0.29) is 5.41 Å². The molecule has 20 heavy (non-hydrogen) atoms. The van der Waals surface area contributed by atoms with Crippen molar-refractivity contribution in [2.75, 3.05) is 0 Å². The van der Waals surface area contributed by atoms with Crippen LogP contribution in [-0.2, 0) is 5.41 Å². The molecule has 3 aromatic rings. The van der Waals surface area contributed by atoms with Crippen molar-refractivity contribution in [1.82, 2.24) is 9.97 Å². The summed E-state index contributed by atoms with van der Waals surface area (Å²) in [5.41, 5.74) is 5.45. The van der Waals surface area contributed by atoms with Crippen LogP contribution in [0.1, 0.15) is 25.0 Å². The van der Waals surface area contributed by atoms with Gasteiger partial charge in [-0.25, -0.2) is 4.98 Å². The van der Waals surface area contributed by atoms with Gasteiger partial charge in [0, 0.05) is 28.8 Å². The number of pyridine rings is 1. The number of hydrogen-bond acceptors (Lipinski definition) is 2. The summed E-state index contributed by atoms with van der Waals surface area (Å²) in [5, 5.41) is 1.13. The molecule has 0 fully saturated rings. The third-order valence-corrected chi connectivity index (χ3v) is 4.11. The van der Waals surface area contributed by atoms with Gasteiger partial charge in [0.05, 0.1) is 11.4 Å². The zero-order chi connectivity index (χ0) is 13.7. The van der Waals surface area contributed by atoms with Crippen molar-refractivity contribution in [3.05, 3.63) is 59.9 Å². The molecule has 4 rings (SSSR count). The van der Waals surface area contributed by atoms with Crippen LogP contribution in [0.4, 0.5) is 5.69 Å². The van der Waals surface area contributed by atoms with Gasteiger partial charge in [-0.1, -0.05) is 32.0 Å². The number of aromatic nitrogens is 2. The second kappa shape index (κ2) is 3.79. The molecule has 0 atom stereocenters. The number of rotatable bonds is 1. The average Bonchev–Trinajstić information content (AvgIpc) is 2.98. The number of fused-ring (bicyclic) bond motifs is 2. The van der Waals surface area contributed by atoms with E-state index >= 15 is 0 Å². The molecule has 3 heterocycles. The monoisotopic (exact) mass is 261 g/mol. The second-order valence-corrected chi connectivity index (χ2v) is 5.70. The zero-order valence-electron chi connectivity index (χ0n) is 11.5. The molecule has 3 heteroatoms. The lowest BCUT2D eigenvalue weighted by Crippen LogP contribution is -2.26. The molecule has 0 bridgehead atoms. The van der Waals surface area contributed by atoms with Gasteiger partial charge in [-0.15, -0.1) is 0 Å². The molecule has 0 radical (unpaired) electrons. The Morgan fingerprint density at radius 1 is 1.05 bits per heavy atom. The predicted molar refractivity (Wildman–Crippen MR) is 81.8 cm³/mol. The van der Waals surface area contributed by atoms with E-state index in [0.717, 1.165) is 28.0 Å². The van der Waals surface area contributed by atoms with Gasteiger partial charge in [0.25, 0.3) is 0 Å². The lowest BCUT2D eigenvalue weighted by molar-refractivity contribution is 0.738. The highest BCUT2D eigenvalue weighted by molar-refractivity contribution is 6.18. The number of aliphatic imine (C=N–C) groups is 1. The van der Waals surface area contributed by atoms with Crippen molar-refractivity contribution in [2.24, 2.45) is 4.99 Å². The minimum Gasteiger partial charge on any atom is -0.345 e. The number of H-pyrrole nitrogens is 1. The minimum atomic E-state index is -0.0818. The van der Waals surface area contributed by atoms with Crippen LogP contribution in [0.25, 0.3) is 11.0 Å². The van der Waals surface area contributed by atoms with Gasteiger partial charge in [0.15, 0.2) is 0 Å². The maximum absolute atomic E-state index is 4.87. The van der Waals surface area contributed by atoms with Crippen molar-refractivity contribution in [2.45, 2.75) is 19.3 Å². The molecule has 0 amide bonds. The Kier molecular flexibility index (Phi) is 2.16. The van der Waals surface area contributed by atoms with Crippen molar-refractivity contribution < 1.29 is 0 Å². The van der Waals surface area contributed by atoms with Crippen molar-refractivity contribution >= 4 is 22.4 Å². The fraction of sp³-hybridized carbons (Fsp3) is 0.176. The van der Waals surface area contributed by atoms with E-state index in [1.54, 1.807) is 6.20 Å². The van der Waals surface area contributed by atoms with E-state index in [0.29, 0.717) is 0 Å². The SMILES string of the molecule is CC1(C)C(c2c[nH]c3ncccc23)=Nc2ccccc21. The first-order valence-corrected chi connectivity index (χ1v) is 6.79. The van der Waals surface area contributed by atoms with Crippen LogP contribution in [0.15, 0.2) is 53.8 Å². The van der Waals surface area contributed by atoms with Gasteiger partial charge in [0.2, 0.25) is 0 Å². The fourth-order valence-electron chi connectivity index (χ4n) is 3.04. The summed E-state index contributed by atoms with van der Waals surface area (Å²) in [7, 11) is 0. The van der Waals surface area contributed by atoms with Crippen LogP contribution >= 0.6 is 0 Å². The smallest absolute Gasteiger partial charge is 0.137 e. The molecule has 98 valence electrons. The zero-order valence-corrected chi connectivity index (χ0v) is 11.5. The lowest BCUT2D eigenvalue weighted by Gasteiger charge is -2.21. The molecule has 0 unspecified atom stereocenters. The Morgan fingerprint density at radius 3 is 2.75 bits per heavy atom. The molecule has 1 N–H and O–H groups in total. The fourth-order valence-corrected chi connectivity index (χ4v) is 3.04. The van der Waals surface area contributed by atoms with Crippen LogP contribution in [0.5, 0.6) is 0 Å². The number of benzene rings is 1. The van der Waals surface area contributed by atoms with E-state index in [4.69, 9.17) is 4.99 Å². The van der Waals surface area contributed by atoms with Gasteiger partial charge >= 0.3 is 0 Å². The quantitative estimate of drug-likeness (QED) is 0.707. The third kappa shape index (κ3) is 1.40. The van der Waals surface area contributed by atoms with Crippen LogP contribution in [-0.4, -0.2) is 15.7 Å². The topological polar surface area (TPSA) is 41.0 Å². The summed E-state index contributed by atoms with van der Waals surface area (Å²) in [6.45, 7) is 4.46. The van der Waals surface area contributed by atoms with Crippen LogP contribution in [0.2, 0.25) is 0 Å². The maximum atomic E-state index is 4.87. The number of aromatic amines is 1.